The van der Waals surface area contributed by atoms with E-state index in [9.17, 15) is 0 Å². The summed E-state index contributed by atoms with van der Waals surface area (Å²) >= 11 is 1.46. The molecule has 0 aromatic heterocycles. The topological polar surface area (TPSA) is 21.3 Å². The average Bonchev–Trinajstić information content (AvgIpc) is 2.19. The highest BCUT2D eigenvalue weighted by molar-refractivity contribution is 7.93. The molecule has 0 aromatic rings. The van der Waals surface area contributed by atoms with Crippen molar-refractivity contribution in [1.82, 2.24) is 5.32 Å². The Kier molecular flexibility index (Phi) is 2.66. The molecule has 0 bridgehead atoms. The predicted molar refractivity (Wildman–Crippen MR) is 35.9 cm³/mol. The summed E-state index contributed by atoms with van der Waals surface area (Å²) in [6.07, 6.45) is 3.59. The van der Waals surface area contributed by atoms with Crippen molar-refractivity contribution in [1.29, 1.82) is 0 Å². The first-order valence-corrected chi connectivity index (χ1v) is 3.98. The van der Waals surface area contributed by atoms with E-state index in [0.717, 1.165) is 13.1 Å². The predicted octanol–water partition coefficient (Wildman–Crippen LogP) is 0.643. The van der Waals surface area contributed by atoms with E-state index in [1.807, 2.05) is 6.26 Å². The molecule has 1 rings (SSSR count). The molecule has 0 spiro atoms. The van der Waals surface area contributed by atoms with Crippen LogP contribution in [0.15, 0.2) is 0 Å². The van der Waals surface area contributed by atoms with E-state index >= 15 is 0 Å². The fourth-order valence-electron chi connectivity index (χ4n) is 0.846. The molecule has 0 saturated carbocycles. The summed E-state index contributed by atoms with van der Waals surface area (Å²) in [7, 11) is 0. The second kappa shape index (κ2) is 3.33. The van der Waals surface area contributed by atoms with Crippen molar-refractivity contribution >= 4 is 12.0 Å². The Morgan fingerprint density at radius 3 is 3.12 bits per heavy atom. The maximum Gasteiger partial charge on any atom is 0.0858 e. The molecule has 1 unspecified atom stereocenters. The first-order chi connectivity index (χ1) is 3.93. The third-order valence-electron chi connectivity index (χ3n) is 1.25. The summed E-state index contributed by atoms with van der Waals surface area (Å²) in [4.78, 5) is 0. The smallest absolute Gasteiger partial charge is 0.0858 e. The molecule has 3 heteroatoms. The average molecular weight is 133 g/mol. The van der Waals surface area contributed by atoms with Crippen LogP contribution >= 0.6 is 12.0 Å². The lowest BCUT2D eigenvalue weighted by molar-refractivity contribution is 0.267. The minimum atomic E-state index is 0.463. The Morgan fingerprint density at radius 2 is 2.62 bits per heavy atom. The van der Waals surface area contributed by atoms with Crippen LogP contribution in [0.1, 0.15) is 6.42 Å². The van der Waals surface area contributed by atoms with Crippen molar-refractivity contribution in [2.75, 3.05) is 19.3 Å². The molecule has 1 N–H and O–H groups in total. The van der Waals surface area contributed by atoms with E-state index in [2.05, 4.69) is 5.32 Å². The van der Waals surface area contributed by atoms with Crippen LogP contribution in [0.5, 0.6) is 0 Å². The van der Waals surface area contributed by atoms with Gasteiger partial charge in [0.15, 0.2) is 0 Å². The summed E-state index contributed by atoms with van der Waals surface area (Å²) in [5.41, 5.74) is 0. The summed E-state index contributed by atoms with van der Waals surface area (Å²) in [6.45, 7) is 2.14. The fraction of sp³-hybridized carbons (Fsp3) is 1.00. The van der Waals surface area contributed by atoms with E-state index in [1.165, 1.54) is 18.5 Å². The maximum atomic E-state index is 5.26. The molecular weight excluding hydrogens is 122 g/mol. The molecule has 0 amide bonds. The van der Waals surface area contributed by atoms with Gasteiger partial charge in [-0.1, -0.05) is 0 Å². The minimum absolute atomic E-state index is 0.463. The molecule has 0 radical (unpaired) electrons. The molecule has 0 aliphatic carbocycles. The van der Waals surface area contributed by atoms with Gasteiger partial charge in [0.1, 0.15) is 0 Å². The molecule has 1 atom stereocenters. The van der Waals surface area contributed by atoms with Crippen molar-refractivity contribution in [3.05, 3.63) is 0 Å². The number of hydrogen-bond donors (Lipinski definition) is 1. The van der Waals surface area contributed by atoms with Gasteiger partial charge in [-0.15, -0.1) is 0 Å². The lowest BCUT2D eigenvalue weighted by Gasteiger charge is -2.03. The molecule has 1 heterocycles. The first kappa shape index (κ1) is 6.39. The highest BCUT2D eigenvalue weighted by Gasteiger charge is 2.13. The zero-order chi connectivity index (χ0) is 5.82. The van der Waals surface area contributed by atoms with Gasteiger partial charge >= 0.3 is 0 Å². The van der Waals surface area contributed by atoms with E-state index in [4.69, 9.17) is 4.18 Å². The largest absolute Gasteiger partial charge is 0.314 e. The van der Waals surface area contributed by atoms with Crippen LogP contribution in [0.3, 0.4) is 0 Å². The van der Waals surface area contributed by atoms with Gasteiger partial charge in [0.2, 0.25) is 0 Å². The molecule has 1 aliphatic rings. The minimum Gasteiger partial charge on any atom is -0.314 e. The van der Waals surface area contributed by atoms with E-state index in [1.54, 1.807) is 0 Å². The molecule has 2 nitrogen and oxygen atoms in total. The molecule has 0 aromatic carbocycles. The third-order valence-corrected chi connectivity index (χ3v) is 1.71. The number of hydrogen-bond acceptors (Lipinski definition) is 3. The van der Waals surface area contributed by atoms with Crippen LogP contribution in [0.2, 0.25) is 0 Å². The number of nitrogens with one attached hydrogen (secondary N) is 1. The number of rotatable bonds is 2. The van der Waals surface area contributed by atoms with Crippen LogP contribution in [-0.2, 0) is 4.18 Å². The zero-order valence-corrected chi connectivity index (χ0v) is 5.83. The van der Waals surface area contributed by atoms with E-state index < -0.39 is 0 Å². The van der Waals surface area contributed by atoms with Crippen LogP contribution in [0.25, 0.3) is 0 Å². The van der Waals surface area contributed by atoms with Crippen molar-refractivity contribution in [2.45, 2.75) is 12.5 Å². The van der Waals surface area contributed by atoms with Crippen molar-refractivity contribution < 1.29 is 4.18 Å². The van der Waals surface area contributed by atoms with Gasteiger partial charge in [0, 0.05) is 12.8 Å². The maximum absolute atomic E-state index is 5.26. The van der Waals surface area contributed by atoms with Crippen LogP contribution < -0.4 is 5.32 Å². The standard InChI is InChI=1S/C5H11NOS/c1-8-7-5-2-3-6-4-5/h5-6H,2-4H2,1H3. The Labute approximate surface area is 54.2 Å². The van der Waals surface area contributed by atoms with Gasteiger partial charge in [-0.2, -0.15) is 0 Å². The first-order valence-electron chi connectivity index (χ1n) is 2.83. The second-order valence-corrected chi connectivity index (χ2v) is 2.40. The summed E-state index contributed by atoms with van der Waals surface area (Å²) in [5, 5.41) is 3.22. The Morgan fingerprint density at radius 1 is 1.75 bits per heavy atom. The molecule has 1 fully saturated rings. The molecule has 48 valence electrons. The van der Waals surface area contributed by atoms with Gasteiger partial charge in [-0.25, -0.2) is 0 Å². The molecule has 1 saturated heterocycles. The Balaban J connectivity index is 2.06. The normalized spacial score (nSPS) is 28.9. The highest BCUT2D eigenvalue weighted by Crippen LogP contribution is 2.08. The molecule has 1 aliphatic heterocycles. The van der Waals surface area contributed by atoms with Crippen LogP contribution in [0.4, 0.5) is 0 Å². The van der Waals surface area contributed by atoms with Gasteiger partial charge < -0.3 is 9.50 Å². The quantitative estimate of drug-likeness (QED) is 0.559. The van der Waals surface area contributed by atoms with Gasteiger partial charge in [0.05, 0.1) is 6.10 Å². The van der Waals surface area contributed by atoms with Gasteiger partial charge in [0.25, 0.3) is 0 Å². The fourth-order valence-corrected chi connectivity index (χ4v) is 1.28. The van der Waals surface area contributed by atoms with Crippen molar-refractivity contribution in [3.63, 3.8) is 0 Å². The molecular formula is C5H11NOS. The van der Waals surface area contributed by atoms with E-state index in [0.29, 0.717) is 6.10 Å². The van der Waals surface area contributed by atoms with Crippen molar-refractivity contribution in [3.8, 4) is 0 Å². The summed E-state index contributed by atoms with van der Waals surface area (Å²) < 4.78 is 5.26. The SMILES string of the molecule is CSOC1CCNC1. The lowest BCUT2D eigenvalue weighted by Crippen LogP contribution is -2.13. The molecule has 8 heavy (non-hydrogen) atoms. The third kappa shape index (κ3) is 1.65. The van der Waals surface area contributed by atoms with E-state index in [-0.39, 0.29) is 0 Å². The summed E-state index contributed by atoms with van der Waals surface area (Å²) in [5.74, 6) is 0. The zero-order valence-electron chi connectivity index (χ0n) is 5.02. The van der Waals surface area contributed by atoms with Gasteiger partial charge in [-0.3, -0.25) is 0 Å². The lowest BCUT2D eigenvalue weighted by atomic mass is 10.3. The van der Waals surface area contributed by atoms with Crippen molar-refractivity contribution in [2.24, 2.45) is 0 Å². The summed E-state index contributed by atoms with van der Waals surface area (Å²) in [6, 6.07) is 0. The van der Waals surface area contributed by atoms with Gasteiger partial charge in [-0.05, 0) is 25.0 Å². The van der Waals surface area contributed by atoms with Crippen LogP contribution in [-0.4, -0.2) is 25.4 Å². The monoisotopic (exact) mass is 133 g/mol. The highest BCUT2D eigenvalue weighted by atomic mass is 32.2. The Hall–Kier alpha value is 0.270. The second-order valence-electron chi connectivity index (χ2n) is 1.88. The van der Waals surface area contributed by atoms with Crippen LogP contribution in [0, 0.1) is 0 Å². The Bertz CT molecular complexity index is 63.4.